The van der Waals surface area contributed by atoms with Gasteiger partial charge in [0.2, 0.25) is 0 Å². The number of rotatable bonds is 3. The third kappa shape index (κ3) is 1.73. The smallest absolute Gasteiger partial charge is 0.0655 e. The van der Waals surface area contributed by atoms with Crippen molar-refractivity contribution in [1.29, 1.82) is 5.26 Å². The largest absolute Gasteiger partial charge is 0.198 e. The lowest BCUT2D eigenvalue weighted by Crippen LogP contribution is -2.14. The quantitative estimate of drug-likeness (QED) is 0.586. The first-order chi connectivity index (χ1) is 4.86. The van der Waals surface area contributed by atoms with Gasteiger partial charge in [0.15, 0.2) is 0 Å². The van der Waals surface area contributed by atoms with Gasteiger partial charge >= 0.3 is 0 Å². The summed E-state index contributed by atoms with van der Waals surface area (Å²) in [5.74, 6) is 1.23. The lowest BCUT2D eigenvalue weighted by atomic mass is 9.79. The summed E-state index contributed by atoms with van der Waals surface area (Å²) in [4.78, 5) is 0. The van der Waals surface area contributed by atoms with Crippen molar-refractivity contribution < 1.29 is 0 Å². The molecular weight excluding hydrogens is 122 g/mol. The fraction of sp³-hybridized carbons (Fsp3) is 0.889. The summed E-state index contributed by atoms with van der Waals surface area (Å²) in [6, 6.07) is 2.35. The molecule has 1 unspecified atom stereocenters. The van der Waals surface area contributed by atoms with E-state index in [-0.39, 0.29) is 0 Å². The van der Waals surface area contributed by atoms with Gasteiger partial charge in [-0.1, -0.05) is 26.2 Å². The van der Waals surface area contributed by atoms with Crippen molar-refractivity contribution in [2.75, 3.05) is 0 Å². The molecule has 1 atom stereocenters. The second-order valence-corrected chi connectivity index (χ2v) is 3.27. The Morgan fingerprint density at radius 2 is 2.30 bits per heavy atom. The summed E-state index contributed by atoms with van der Waals surface area (Å²) in [5.41, 5.74) is 0. The highest BCUT2D eigenvalue weighted by Crippen LogP contribution is 2.32. The molecule has 0 aliphatic heterocycles. The van der Waals surface area contributed by atoms with E-state index in [0.29, 0.717) is 5.92 Å². The first-order valence-electron chi connectivity index (χ1n) is 4.26. The van der Waals surface area contributed by atoms with Crippen LogP contribution in [0.2, 0.25) is 0 Å². The monoisotopic (exact) mass is 137 g/mol. The van der Waals surface area contributed by atoms with Crippen LogP contribution in [0.3, 0.4) is 0 Å². The number of hydrogen-bond donors (Lipinski definition) is 0. The molecule has 0 heterocycles. The van der Waals surface area contributed by atoms with Crippen LogP contribution in [0.4, 0.5) is 0 Å². The van der Waals surface area contributed by atoms with Crippen molar-refractivity contribution in [1.82, 2.24) is 0 Å². The molecule has 0 aromatic heterocycles. The summed E-state index contributed by atoms with van der Waals surface area (Å²) in [7, 11) is 0. The summed E-state index contributed by atoms with van der Waals surface area (Å²) < 4.78 is 0. The normalized spacial score (nSPS) is 21.2. The topological polar surface area (TPSA) is 23.8 Å². The highest BCUT2D eigenvalue weighted by Gasteiger charge is 2.20. The molecule has 10 heavy (non-hydrogen) atoms. The van der Waals surface area contributed by atoms with E-state index in [4.69, 9.17) is 5.26 Å². The van der Waals surface area contributed by atoms with Gasteiger partial charge in [0.1, 0.15) is 0 Å². The Morgan fingerprint density at radius 3 is 2.60 bits per heavy atom. The lowest BCUT2D eigenvalue weighted by molar-refractivity contribution is 0.267. The first-order valence-corrected chi connectivity index (χ1v) is 4.26. The fourth-order valence-corrected chi connectivity index (χ4v) is 1.44. The van der Waals surface area contributed by atoms with E-state index in [2.05, 4.69) is 13.0 Å². The average molecular weight is 137 g/mol. The zero-order chi connectivity index (χ0) is 7.40. The minimum Gasteiger partial charge on any atom is -0.198 e. The molecule has 0 radical (unpaired) electrons. The van der Waals surface area contributed by atoms with E-state index in [9.17, 15) is 0 Å². The molecule has 0 aromatic carbocycles. The summed E-state index contributed by atoms with van der Waals surface area (Å²) in [6.45, 7) is 2.10. The molecule has 0 bridgehead atoms. The highest BCUT2D eigenvalue weighted by molar-refractivity contribution is 4.85. The summed E-state index contributed by atoms with van der Waals surface area (Å²) in [6.07, 6.45) is 6.34. The van der Waals surface area contributed by atoms with E-state index in [1.54, 1.807) is 0 Å². The molecule has 1 heteroatoms. The second-order valence-electron chi connectivity index (χ2n) is 3.27. The number of nitrogens with zero attached hydrogens (tertiary/aromatic N) is 1. The van der Waals surface area contributed by atoms with Gasteiger partial charge < -0.3 is 0 Å². The van der Waals surface area contributed by atoms with Gasteiger partial charge in [-0.2, -0.15) is 5.26 Å². The Bertz CT molecular complexity index is 130. The second kappa shape index (κ2) is 3.61. The third-order valence-corrected chi connectivity index (χ3v) is 2.52. The minimum absolute atomic E-state index is 0.338. The van der Waals surface area contributed by atoms with Gasteiger partial charge in [0.05, 0.1) is 6.07 Å². The highest BCUT2D eigenvalue weighted by atomic mass is 14.3. The van der Waals surface area contributed by atoms with Crippen molar-refractivity contribution in [3.05, 3.63) is 0 Å². The van der Waals surface area contributed by atoms with E-state index in [0.717, 1.165) is 18.8 Å². The van der Waals surface area contributed by atoms with Crippen molar-refractivity contribution in [3.63, 3.8) is 0 Å². The van der Waals surface area contributed by atoms with Crippen LogP contribution in [0.15, 0.2) is 0 Å². The Balaban J connectivity index is 2.15. The van der Waals surface area contributed by atoms with Crippen molar-refractivity contribution >= 4 is 0 Å². The average Bonchev–Trinajstić information content (AvgIpc) is 1.87. The van der Waals surface area contributed by atoms with Gasteiger partial charge in [-0.15, -0.1) is 0 Å². The standard InChI is InChI=1S/C9H15N/c1-2-8(7-10)6-9-4-3-5-9/h8-9H,2-6H2,1H3. The first kappa shape index (κ1) is 7.60. The van der Waals surface area contributed by atoms with Crippen LogP contribution in [-0.4, -0.2) is 0 Å². The molecule has 0 spiro atoms. The predicted octanol–water partition coefficient (Wildman–Crippen LogP) is 2.73. The maximum absolute atomic E-state index is 8.64. The molecule has 1 rings (SSSR count). The van der Waals surface area contributed by atoms with Crippen molar-refractivity contribution in [2.45, 2.75) is 39.0 Å². The maximum atomic E-state index is 8.64. The lowest BCUT2D eigenvalue weighted by Gasteiger charge is -2.26. The van der Waals surface area contributed by atoms with E-state index in [1.807, 2.05) is 0 Å². The van der Waals surface area contributed by atoms with Gasteiger partial charge in [0.25, 0.3) is 0 Å². The van der Waals surface area contributed by atoms with Crippen LogP contribution in [0.25, 0.3) is 0 Å². The molecule has 1 aliphatic carbocycles. The molecule has 0 saturated heterocycles. The molecule has 1 aliphatic rings. The maximum Gasteiger partial charge on any atom is 0.0655 e. The Hall–Kier alpha value is -0.510. The minimum atomic E-state index is 0.338. The van der Waals surface area contributed by atoms with Gasteiger partial charge in [-0.25, -0.2) is 0 Å². The zero-order valence-corrected chi connectivity index (χ0v) is 6.64. The Morgan fingerprint density at radius 1 is 1.60 bits per heavy atom. The molecule has 1 nitrogen and oxygen atoms in total. The molecule has 1 saturated carbocycles. The molecule has 0 N–H and O–H groups in total. The van der Waals surface area contributed by atoms with Gasteiger partial charge in [-0.05, 0) is 18.8 Å². The zero-order valence-electron chi connectivity index (χ0n) is 6.64. The van der Waals surface area contributed by atoms with Crippen LogP contribution < -0.4 is 0 Å². The van der Waals surface area contributed by atoms with Crippen LogP contribution in [0.5, 0.6) is 0 Å². The number of hydrogen-bond acceptors (Lipinski definition) is 1. The van der Waals surface area contributed by atoms with Gasteiger partial charge in [0, 0.05) is 5.92 Å². The van der Waals surface area contributed by atoms with Crippen LogP contribution in [0.1, 0.15) is 39.0 Å². The summed E-state index contributed by atoms with van der Waals surface area (Å²) in [5, 5.41) is 8.64. The third-order valence-electron chi connectivity index (χ3n) is 2.52. The van der Waals surface area contributed by atoms with Crippen LogP contribution >= 0.6 is 0 Å². The Kier molecular flexibility index (Phi) is 2.74. The van der Waals surface area contributed by atoms with E-state index in [1.165, 1.54) is 19.3 Å². The molecule has 0 amide bonds. The van der Waals surface area contributed by atoms with Crippen molar-refractivity contribution in [3.8, 4) is 6.07 Å². The Labute approximate surface area is 63.0 Å². The van der Waals surface area contributed by atoms with E-state index < -0.39 is 0 Å². The molecule has 56 valence electrons. The fourth-order valence-electron chi connectivity index (χ4n) is 1.44. The van der Waals surface area contributed by atoms with Crippen LogP contribution in [-0.2, 0) is 0 Å². The molecule has 0 aromatic rings. The van der Waals surface area contributed by atoms with E-state index >= 15 is 0 Å². The SMILES string of the molecule is CCC(C#N)CC1CCC1. The summed E-state index contributed by atoms with van der Waals surface area (Å²) >= 11 is 0. The number of nitriles is 1. The van der Waals surface area contributed by atoms with Crippen LogP contribution in [0, 0.1) is 23.2 Å². The van der Waals surface area contributed by atoms with Crippen molar-refractivity contribution in [2.24, 2.45) is 11.8 Å². The predicted molar refractivity (Wildman–Crippen MR) is 41.4 cm³/mol. The molecule has 1 fully saturated rings. The van der Waals surface area contributed by atoms with Gasteiger partial charge in [-0.3, -0.25) is 0 Å². The molecular formula is C9H15N.